The first-order valence-corrected chi connectivity index (χ1v) is 4.68. The van der Waals surface area contributed by atoms with Crippen LogP contribution < -0.4 is 11.0 Å². The van der Waals surface area contributed by atoms with Crippen molar-refractivity contribution in [2.45, 2.75) is 19.8 Å². The third-order valence-electron chi connectivity index (χ3n) is 1.82. The number of rotatable bonds is 3. The lowest BCUT2D eigenvalue weighted by atomic mass is 9.79. The molecule has 0 unspecified atom stereocenters. The van der Waals surface area contributed by atoms with Crippen LogP contribution in [0.5, 0.6) is 0 Å². The number of hydrogen-bond acceptors (Lipinski definition) is 4. The summed E-state index contributed by atoms with van der Waals surface area (Å²) in [5, 5.41) is 18.0. The average Bonchev–Trinajstić information content (AvgIpc) is 2.01. The molecular weight excluding hydrogens is 203 g/mol. The first kappa shape index (κ1) is 11.2. The molecule has 0 saturated heterocycles. The molecular formula is C7H11BN2O3S. The minimum atomic E-state index is -1.77. The summed E-state index contributed by atoms with van der Waals surface area (Å²) in [6, 6.07) is 0. The second-order valence-corrected chi connectivity index (χ2v) is 3.33. The Bertz CT molecular complexity index is 426. The van der Waals surface area contributed by atoms with Gasteiger partial charge in [-0.2, -0.15) is 0 Å². The molecule has 0 saturated carbocycles. The molecule has 1 aromatic rings. The summed E-state index contributed by atoms with van der Waals surface area (Å²) in [4.78, 5) is 16.4. The zero-order valence-electron chi connectivity index (χ0n) is 7.70. The van der Waals surface area contributed by atoms with Crippen LogP contribution in [0.1, 0.15) is 19.0 Å². The van der Waals surface area contributed by atoms with Crippen LogP contribution in [0.2, 0.25) is 0 Å². The highest BCUT2D eigenvalue weighted by Crippen LogP contribution is 1.93. The van der Waals surface area contributed by atoms with Crippen LogP contribution in [0.3, 0.4) is 0 Å². The van der Waals surface area contributed by atoms with Crippen molar-refractivity contribution in [1.82, 2.24) is 9.97 Å². The molecule has 4 N–H and O–H groups in total. The maximum atomic E-state index is 11.3. The Morgan fingerprint density at radius 3 is 2.57 bits per heavy atom. The fraction of sp³-hybridized carbons (Fsp3) is 0.429. The predicted molar refractivity (Wildman–Crippen MR) is 56.1 cm³/mol. The fourth-order valence-electron chi connectivity index (χ4n) is 1.26. The first-order valence-electron chi connectivity index (χ1n) is 4.27. The van der Waals surface area contributed by atoms with Gasteiger partial charge >= 0.3 is 7.12 Å². The first-order chi connectivity index (χ1) is 6.56. The van der Waals surface area contributed by atoms with E-state index in [2.05, 4.69) is 9.97 Å². The zero-order chi connectivity index (χ0) is 10.7. The van der Waals surface area contributed by atoms with E-state index in [4.69, 9.17) is 22.3 Å². The molecule has 0 bridgehead atoms. The molecule has 0 aliphatic rings. The van der Waals surface area contributed by atoms with E-state index in [1.165, 1.54) is 0 Å². The molecule has 0 fully saturated rings. The van der Waals surface area contributed by atoms with E-state index in [0.29, 0.717) is 12.1 Å². The predicted octanol–water partition coefficient (Wildman–Crippen LogP) is -0.935. The molecule has 1 aromatic heterocycles. The maximum absolute atomic E-state index is 11.3. The van der Waals surface area contributed by atoms with Crippen LogP contribution in [0.15, 0.2) is 4.79 Å². The molecule has 1 rings (SSSR count). The van der Waals surface area contributed by atoms with Crippen molar-refractivity contribution in [1.29, 1.82) is 0 Å². The Morgan fingerprint density at radius 1 is 1.43 bits per heavy atom. The largest absolute Gasteiger partial charge is 0.495 e. The molecule has 0 radical (unpaired) electrons. The summed E-state index contributed by atoms with van der Waals surface area (Å²) in [5.41, 5.74) is -0.121. The zero-order valence-corrected chi connectivity index (χ0v) is 8.52. The standard InChI is InChI=1S/C7H11BN2O3S/c1-2-3-4-5(8(12)13)6(11)10-7(14)9-4/h12-13H,2-3H2,1H3,(H2,9,10,11,14). The molecule has 7 heteroatoms. The highest BCUT2D eigenvalue weighted by atomic mass is 32.1. The normalized spacial score (nSPS) is 10.2. The molecule has 76 valence electrons. The highest BCUT2D eigenvalue weighted by Gasteiger charge is 2.20. The van der Waals surface area contributed by atoms with E-state index >= 15 is 0 Å². The van der Waals surface area contributed by atoms with Gasteiger partial charge in [0.15, 0.2) is 4.77 Å². The molecule has 1 heterocycles. The summed E-state index contributed by atoms with van der Waals surface area (Å²) in [5.74, 6) is 0. The third-order valence-corrected chi connectivity index (χ3v) is 2.02. The Kier molecular flexibility index (Phi) is 3.62. The van der Waals surface area contributed by atoms with Crippen molar-refractivity contribution >= 4 is 24.8 Å². The molecule has 0 atom stereocenters. The van der Waals surface area contributed by atoms with Gasteiger partial charge in [-0.25, -0.2) is 0 Å². The van der Waals surface area contributed by atoms with Crippen molar-refractivity contribution in [3.8, 4) is 0 Å². The molecule has 0 spiro atoms. The second-order valence-electron chi connectivity index (χ2n) is 2.92. The monoisotopic (exact) mass is 214 g/mol. The van der Waals surface area contributed by atoms with E-state index < -0.39 is 12.7 Å². The van der Waals surface area contributed by atoms with Crippen molar-refractivity contribution in [2.75, 3.05) is 0 Å². The van der Waals surface area contributed by atoms with Crippen molar-refractivity contribution < 1.29 is 10.0 Å². The van der Waals surface area contributed by atoms with E-state index in [1.54, 1.807) is 0 Å². The average molecular weight is 214 g/mol. The van der Waals surface area contributed by atoms with Crippen LogP contribution >= 0.6 is 12.2 Å². The number of aromatic nitrogens is 2. The van der Waals surface area contributed by atoms with Gasteiger partial charge in [-0.15, -0.1) is 0 Å². The third kappa shape index (κ3) is 2.31. The smallest absolute Gasteiger partial charge is 0.423 e. The number of nitrogens with one attached hydrogen (secondary N) is 2. The Labute approximate surface area is 86.0 Å². The fourth-order valence-corrected chi connectivity index (χ4v) is 1.48. The van der Waals surface area contributed by atoms with Crippen LogP contribution in [-0.4, -0.2) is 27.1 Å². The quantitative estimate of drug-likeness (QED) is 0.386. The summed E-state index contributed by atoms with van der Waals surface area (Å²) in [6.45, 7) is 1.92. The number of aryl methyl sites for hydroxylation is 1. The molecule has 14 heavy (non-hydrogen) atoms. The van der Waals surface area contributed by atoms with E-state index in [9.17, 15) is 4.79 Å². The lowest BCUT2D eigenvalue weighted by Crippen LogP contribution is -2.46. The molecule has 0 aliphatic heterocycles. The van der Waals surface area contributed by atoms with Gasteiger partial charge in [0, 0.05) is 5.69 Å². The SMILES string of the molecule is CCCc1[nH]c(=S)[nH]c(=O)c1B(O)O. The minimum absolute atomic E-state index is 0.0551. The minimum Gasteiger partial charge on any atom is -0.423 e. The topological polar surface area (TPSA) is 89.1 Å². The van der Waals surface area contributed by atoms with Crippen LogP contribution in [-0.2, 0) is 6.42 Å². The van der Waals surface area contributed by atoms with Gasteiger partial charge in [-0.05, 0) is 18.6 Å². The Balaban J connectivity index is 3.36. The van der Waals surface area contributed by atoms with Crippen molar-refractivity contribution in [3.63, 3.8) is 0 Å². The summed E-state index contributed by atoms with van der Waals surface area (Å²) in [6.07, 6.45) is 1.34. The van der Waals surface area contributed by atoms with Crippen molar-refractivity contribution in [3.05, 3.63) is 20.8 Å². The van der Waals surface area contributed by atoms with E-state index in [-0.39, 0.29) is 10.2 Å². The summed E-state index contributed by atoms with van der Waals surface area (Å²) < 4.78 is 0.197. The van der Waals surface area contributed by atoms with Gasteiger partial charge in [0.2, 0.25) is 0 Å². The van der Waals surface area contributed by atoms with Gasteiger partial charge in [-0.3, -0.25) is 9.78 Å². The second kappa shape index (κ2) is 4.54. The lowest BCUT2D eigenvalue weighted by Gasteiger charge is -2.05. The molecule has 0 aromatic carbocycles. The van der Waals surface area contributed by atoms with Gasteiger partial charge in [0.25, 0.3) is 5.56 Å². The van der Waals surface area contributed by atoms with Crippen molar-refractivity contribution in [2.24, 2.45) is 0 Å². The van der Waals surface area contributed by atoms with Gasteiger partial charge in [-0.1, -0.05) is 13.3 Å². The Hall–Kier alpha value is -0.915. The lowest BCUT2D eigenvalue weighted by molar-refractivity contribution is 0.424. The van der Waals surface area contributed by atoms with Gasteiger partial charge in [0.05, 0.1) is 5.46 Å². The van der Waals surface area contributed by atoms with Gasteiger partial charge in [0.1, 0.15) is 0 Å². The number of aromatic amines is 2. The molecule has 0 amide bonds. The molecule has 0 aliphatic carbocycles. The maximum Gasteiger partial charge on any atom is 0.495 e. The summed E-state index contributed by atoms with van der Waals surface area (Å²) >= 11 is 4.77. The highest BCUT2D eigenvalue weighted by molar-refractivity contribution is 7.71. The van der Waals surface area contributed by atoms with Gasteiger partial charge < -0.3 is 15.0 Å². The number of H-pyrrole nitrogens is 2. The Morgan fingerprint density at radius 2 is 2.07 bits per heavy atom. The van der Waals surface area contributed by atoms with Crippen LogP contribution in [0.25, 0.3) is 0 Å². The van der Waals surface area contributed by atoms with Crippen LogP contribution in [0.4, 0.5) is 0 Å². The molecule has 5 nitrogen and oxygen atoms in total. The van der Waals surface area contributed by atoms with E-state index in [1.807, 2.05) is 6.92 Å². The van der Waals surface area contributed by atoms with E-state index in [0.717, 1.165) is 6.42 Å². The van der Waals surface area contributed by atoms with Crippen LogP contribution in [0, 0.1) is 4.77 Å². The summed E-state index contributed by atoms with van der Waals surface area (Å²) in [7, 11) is -1.77. The number of hydrogen-bond donors (Lipinski definition) is 4.